The molecule has 0 aliphatic rings. The van der Waals surface area contributed by atoms with Crippen LogP contribution >= 0.6 is 0 Å². The van der Waals surface area contributed by atoms with Crippen LogP contribution in [0.5, 0.6) is 0 Å². The molecule has 0 radical (unpaired) electrons. The number of carbonyl (C=O) groups is 4. The minimum absolute atomic E-state index is 0.0861. The Kier molecular flexibility index (Phi) is 14.5. The molecule has 224 valence electrons. The van der Waals surface area contributed by atoms with Gasteiger partial charge in [0, 0.05) is 5.57 Å². The highest BCUT2D eigenvalue weighted by Crippen LogP contribution is 2.33. The van der Waals surface area contributed by atoms with Crippen LogP contribution in [0.25, 0.3) is 0 Å². The highest BCUT2D eigenvalue weighted by Gasteiger charge is 2.41. The molecule has 1 unspecified atom stereocenters. The van der Waals surface area contributed by atoms with Crippen LogP contribution < -0.4 is 0 Å². The van der Waals surface area contributed by atoms with E-state index in [0.29, 0.717) is 31.3 Å². The summed E-state index contributed by atoms with van der Waals surface area (Å²) in [5.74, 6) is -3.93. The van der Waals surface area contributed by atoms with Gasteiger partial charge in [-0.1, -0.05) is 18.9 Å². The molecule has 0 aromatic heterocycles. The van der Waals surface area contributed by atoms with Crippen molar-refractivity contribution in [2.75, 3.05) is 26.4 Å². The van der Waals surface area contributed by atoms with Crippen molar-refractivity contribution in [1.82, 2.24) is 0 Å². The van der Waals surface area contributed by atoms with Gasteiger partial charge in [-0.15, -0.1) is 0 Å². The van der Waals surface area contributed by atoms with Crippen LogP contribution in [0.1, 0.15) is 88.0 Å². The van der Waals surface area contributed by atoms with Gasteiger partial charge in [0.1, 0.15) is 26.4 Å². The van der Waals surface area contributed by atoms with E-state index in [4.69, 9.17) is 14.2 Å². The summed E-state index contributed by atoms with van der Waals surface area (Å²) in [5.41, 5.74) is 1.62. The lowest BCUT2D eigenvalue weighted by atomic mass is 9.79. The molecule has 0 aliphatic carbocycles. The summed E-state index contributed by atoms with van der Waals surface area (Å²) in [7, 11) is 0. The first-order valence-corrected chi connectivity index (χ1v) is 12.9. The lowest BCUT2D eigenvalue weighted by Gasteiger charge is -2.28. The molecule has 1 atom stereocenters. The van der Waals surface area contributed by atoms with E-state index in [2.05, 4.69) is 4.74 Å². The van der Waals surface area contributed by atoms with Gasteiger partial charge in [0.25, 0.3) is 0 Å². The van der Waals surface area contributed by atoms with Crippen LogP contribution in [-0.2, 0) is 38.1 Å². The molecule has 0 aliphatic heterocycles. The fourth-order valence-electron chi connectivity index (χ4n) is 3.35. The maximum atomic E-state index is 12.6. The molecule has 0 bridgehead atoms. The summed E-state index contributed by atoms with van der Waals surface area (Å²) < 4.78 is 56.0. The van der Waals surface area contributed by atoms with Crippen molar-refractivity contribution >= 4 is 23.9 Å². The minimum atomic E-state index is -5.11. The van der Waals surface area contributed by atoms with Gasteiger partial charge in [-0.05, 0) is 85.8 Å². The molecule has 0 amide bonds. The van der Waals surface area contributed by atoms with E-state index in [9.17, 15) is 32.3 Å². The van der Waals surface area contributed by atoms with Gasteiger partial charge in [-0.25, -0.2) is 9.59 Å². The maximum Gasteiger partial charge on any atom is 0.490 e. The summed E-state index contributed by atoms with van der Waals surface area (Å²) in [6.07, 6.45) is -3.51. The van der Waals surface area contributed by atoms with Crippen LogP contribution in [0, 0.1) is 10.8 Å². The molecule has 0 heterocycles. The zero-order valence-corrected chi connectivity index (χ0v) is 24.6. The van der Waals surface area contributed by atoms with Crippen molar-refractivity contribution < 1.29 is 51.3 Å². The molecule has 39 heavy (non-hydrogen) atoms. The second kappa shape index (κ2) is 15.7. The largest absolute Gasteiger partial charge is 0.490 e. The number of alkyl halides is 3. The third-order valence-corrected chi connectivity index (χ3v) is 6.87. The zero-order chi connectivity index (χ0) is 30.6. The van der Waals surface area contributed by atoms with E-state index in [1.807, 2.05) is 27.7 Å². The monoisotopic (exact) mass is 564 g/mol. The van der Waals surface area contributed by atoms with Crippen LogP contribution in [0.2, 0.25) is 0 Å². The molecule has 0 aromatic rings. The third-order valence-electron chi connectivity index (χ3n) is 6.87. The van der Waals surface area contributed by atoms with Gasteiger partial charge in [-0.2, -0.15) is 13.2 Å². The van der Waals surface area contributed by atoms with E-state index in [0.717, 1.165) is 16.7 Å². The summed E-state index contributed by atoms with van der Waals surface area (Å²) in [6.45, 7) is 14.8. The van der Waals surface area contributed by atoms with Gasteiger partial charge in [0.05, 0.1) is 10.8 Å². The van der Waals surface area contributed by atoms with Crippen molar-refractivity contribution in [1.29, 1.82) is 0 Å². The summed E-state index contributed by atoms with van der Waals surface area (Å²) in [6, 6.07) is 0. The second-order valence-electron chi connectivity index (χ2n) is 10.6. The number of carbonyl (C=O) groups excluding carboxylic acids is 4. The van der Waals surface area contributed by atoms with Gasteiger partial charge in [0.2, 0.25) is 0 Å². The molecule has 0 saturated heterocycles. The van der Waals surface area contributed by atoms with E-state index in [-0.39, 0.29) is 13.2 Å². The third kappa shape index (κ3) is 12.3. The molecule has 0 N–H and O–H groups in total. The molecule has 0 aromatic carbocycles. The van der Waals surface area contributed by atoms with E-state index < -0.39 is 54.1 Å². The van der Waals surface area contributed by atoms with E-state index in [1.165, 1.54) is 0 Å². The lowest BCUT2D eigenvalue weighted by Crippen LogP contribution is -2.33. The number of ether oxygens (including phenoxy) is 4. The number of esters is 4. The number of halogens is 3. The van der Waals surface area contributed by atoms with E-state index in [1.54, 1.807) is 34.6 Å². The van der Waals surface area contributed by atoms with Crippen molar-refractivity contribution in [3.05, 3.63) is 22.3 Å². The molecular formula is C28H43F3O8. The number of allylic oxidation sites excluding steroid dienone is 3. The fourth-order valence-corrected chi connectivity index (χ4v) is 3.35. The Hall–Kier alpha value is -2.85. The first kappa shape index (κ1) is 36.1. The fraction of sp³-hybridized carbons (Fsp3) is 0.714. The van der Waals surface area contributed by atoms with Gasteiger partial charge in [-0.3, -0.25) is 9.59 Å². The average Bonchev–Trinajstić information content (AvgIpc) is 2.85. The first-order valence-electron chi connectivity index (χ1n) is 12.9. The average molecular weight is 565 g/mol. The quantitative estimate of drug-likeness (QED) is 0.0781. The number of hydrogen-bond donors (Lipinski definition) is 0. The van der Waals surface area contributed by atoms with Crippen LogP contribution in [0.15, 0.2) is 22.3 Å². The van der Waals surface area contributed by atoms with Gasteiger partial charge >= 0.3 is 30.1 Å². The second-order valence-corrected chi connectivity index (χ2v) is 10.6. The Labute approximate surface area is 229 Å². The van der Waals surface area contributed by atoms with Crippen molar-refractivity contribution in [3.8, 4) is 0 Å². The molecule has 0 spiro atoms. The van der Waals surface area contributed by atoms with Gasteiger partial charge < -0.3 is 18.9 Å². The van der Waals surface area contributed by atoms with Crippen LogP contribution in [-0.4, -0.2) is 56.5 Å². The zero-order valence-electron chi connectivity index (χ0n) is 24.6. The predicted octanol–water partition coefficient (Wildman–Crippen LogP) is 6.03. The van der Waals surface area contributed by atoms with E-state index >= 15 is 0 Å². The maximum absolute atomic E-state index is 12.6. The minimum Gasteiger partial charge on any atom is -0.462 e. The molecule has 8 nitrogen and oxygen atoms in total. The Bertz CT molecular complexity index is 943. The topological polar surface area (TPSA) is 105 Å². The Morgan fingerprint density at radius 2 is 1.08 bits per heavy atom. The van der Waals surface area contributed by atoms with Crippen molar-refractivity contribution in [3.63, 3.8) is 0 Å². The van der Waals surface area contributed by atoms with Crippen LogP contribution in [0.4, 0.5) is 13.2 Å². The normalized spacial score (nSPS) is 13.9. The van der Waals surface area contributed by atoms with Crippen molar-refractivity contribution in [2.24, 2.45) is 10.8 Å². The molecule has 0 fully saturated rings. The lowest BCUT2D eigenvalue weighted by molar-refractivity contribution is -0.201. The first-order chi connectivity index (χ1) is 17.8. The predicted molar refractivity (Wildman–Crippen MR) is 138 cm³/mol. The summed E-state index contributed by atoms with van der Waals surface area (Å²) >= 11 is 0. The Morgan fingerprint density at radius 1 is 0.615 bits per heavy atom. The number of hydrogen-bond acceptors (Lipinski definition) is 8. The number of rotatable bonds is 15. The molecular weight excluding hydrogens is 521 g/mol. The molecule has 11 heteroatoms. The smallest absolute Gasteiger partial charge is 0.462 e. The highest BCUT2D eigenvalue weighted by molar-refractivity contribution is 5.89. The standard InChI is InChI=1S/C28H43F3O8/c1-10-27(9,24(34)38-16-17-39-25(35)28(29,30)31)13-11-12-26(7,8)23(33)37-15-14-36-22(32)21(6)20(5)19(4)18(2)3/h10-17H2,1-9H3/b21-20+. The van der Waals surface area contributed by atoms with Crippen LogP contribution in [0.3, 0.4) is 0 Å². The molecule has 0 rings (SSSR count). The highest BCUT2D eigenvalue weighted by atomic mass is 19.4. The van der Waals surface area contributed by atoms with Gasteiger partial charge in [0.15, 0.2) is 0 Å². The SMILES string of the molecule is CCC(C)(CCCC(C)(C)C(=O)OCCOC(=O)/C(C)=C(\C)C(C)=C(C)C)C(=O)OCCOC(=O)C(F)(F)F. The molecule has 0 saturated carbocycles. The van der Waals surface area contributed by atoms with Crippen molar-refractivity contribution in [2.45, 2.75) is 94.2 Å². The Morgan fingerprint density at radius 3 is 1.54 bits per heavy atom. The Balaban J connectivity index is 4.65. The summed E-state index contributed by atoms with van der Waals surface area (Å²) in [4.78, 5) is 48.1. The summed E-state index contributed by atoms with van der Waals surface area (Å²) in [5, 5.41) is 0.